The van der Waals surface area contributed by atoms with E-state index in [0.29, 0.717) is 29.7 Å². The zero-order valence-electron chi connectivity index (χ0n) is 14.5. The number of nitrogens with zero attached hydrogens (tertiary/aromatic N) is 1. The quantitative estimate of drug-likeness (QED) is 0.487. The van der Waals surface area contributed by atoms with E-state index in [9.17, 15) is 4.79 Å². The van der Waals surface area contributed by atoms with Gasteiger partial charge in [-0.25, -0.2) is 0 Å². The molecule has 2 aromatic rings. The molecule has 1 heterocycles. The van der Waals surface area contributed by atoms with E-state index in [0.717, 1.165) is 20.6 Å². The second-order valence-corrected chi connectivity index (χ2v) is 8.27. The maximum absolute atomic E-state index is 12.5. The van der Waals surface area contributed by atoms with E-state index in [1.807, 2.05) is 36.9 Å². The van der Waals surface area contributed by atoms with Crippen molar-refractivity contribution in [1.82, 2.24) is 0 Å². The third-order valence-electron chi connectivity index (χ3n) is 3.88. The lowest BCUT2D eigenvalue weighted by molar-refractivity contribution is -0.115. The highest BCUT2D eigenvalue weighted by Gasteiger charge is 2.35. The van der Waals surface area contributed by atoms with Gasteiger partial charge in [-0.1, -0.05) is 11.6 Å². The predicted octanol–water partition coefficient (Wildman–Crippen LogP) is 5.52. The monoisotopic (exact) mass is 503 g/mol. The van der Waals surface area contributed by atoms with Gasteiger partial charge in [-0.3, -0.25) is 9.69 Å². The van der Waals surface area contributed by atoms with Crippen LogP contribution in [0.3, 0.4) is 0 Å². The molecule has 26 heavy (non-hydrogen) atoms. The van der Waals surface area contributed by atoms with Crippen molar-refractivity contribution < 1.29 is 14.3 Å². The molecule has 3 rings (SSSR count). The van der Waals surface area contributed by atoms with Gasteiger partial charge in [0.15, 0.2) is 11.5 Å². The molecule has 0 radical (unpaired) electrons. The van der Waals surface area contributed by atoms with Gasteiger partial charge in [0.1, 0.15) is 5.37 Å². The fourth-order valence-electron chi connectivity index (χ4n) is 2.83. The largest absolute Gasteiger partial charge is 0.490 e. The van der Waals surface area contributed by atoms with E-state index in [2.05, 4.69) is 28.7 Å². The molecule has 0 saturated carbocycles. The predicted molar refractivity (Wildman–Crippen MR) is 116 cm³/mol. The van der Waals surface area contributed by atoms with Crippen molar-refractivity contribution in [3.05, 3.63) is 50.6 Å². The van der Waals surface area contributed by atoms with Crippen LogP contribution in [0.25, 0.3) is 0 Å². The Morgan fingerprint density at radius 1 is 1.19 bits per heavy atom. The first-order valence-corrected chi connectivity index (χ1v) is 10.8. The van der Waals surface area contributed by atoms with Gasteiger partial charge in [0, 0.05) is 10.7 Å². The van der Waals surface area contributed by atoms with Crippen LogP contribution in [0.2, 0.25) is 5.02 Å². The molecule has 1 aliphatic heterocycles. The van der Waals surface area contributed by atoms with E-state index in [-0.39, 0.29) is 11.3 Å². The highest BCUT2D eigenvalue weighted by Crippen LogP contribution is 2.45. The summed E-state index contributed by atoms with van der Waals surface area (Å²) in [4.78, 5) is 14.3. The molecule has 0 aliphatic carbocycles. The molecule has 0 spiro atoms. The van der Waals surface area contributed by atoms with E-state index >= 15 is 0 Å². The Hall–Kier alpha value is -1.12. The van der Waals surface area contributed by atoms with Crippen molar-refractivity contribution in [3.63, 3.8) is 0 Å². The Morgan fingerprint density at radius 2 is 1.88 bits per heavy atom. The molecule has 7 heteroatoms. The lowest BCUT2D eigenvalue weighted by atomic mass is 10.1. The van der Waals surface area contributed by atoms with E-state index in [1.165, 1.54) is 0 Å². The molecule has 2 aromatic carbocycles. The molecule has 0 aromatic heterocycles. The van der Waals surface area contributed by atoms with Crippen molar-refractivity contribution >= 4 is 57.5 Å². The van der Waals surface area contributed by atoms with Gasteiger partial charge in [0.05, 0.1) is 22.5 Å². The zero-order chi connectivity index (χ0) is 18.7. The van der Waals surface area contributed by atoms with Gasteiger partial charge in [-0.15, -0.1) is 11.8 Å². The van der Waals surface area contributed by atoms with E-state index in [1.54, 1.807) is 23.9 Å². The van der Waals surface area contributed by atoms with E-state index < -0.39 is 0 Å². The van der Waals surface area contributed by atoms with Crippen molar-refractivity contribution in [2.45, 2.75) is 19.2 Å². The minimum absolute atomic E-state index is 0.0872. The molecule has 1 amide bonds. The molecule has 4 nitrogen and oxygen atoms in total. The molecular formula is C19H19ClINO3S. The molecule has 0 N–H and O–H groups in total. The second-order valence-electron chi connectivity index (χ2n) is 5.60. The summed E-state index contributed by atoms with van der Waals surface area (Å²) in [6.45, 7) is 5.02. The summed E-state index contributed by atoms with van der Waals surface area (Å²) in [5.41, 5.74) is 1.86. The average molecular weight is 504 g/mol. The number of hydrogen-bond acceptors (Lipinski definition) is 4. The van der Waals surface area contributed by atoms with Crippen LogP contribution in [0.1, 0.15) is 24.8 Å². The number of halogens is 2. The van der Waals surface area contributed by atoms with Crippen LogP contribution in [0, 0.1) is 3.57 Å². The highest BCUT2D eigenvalue weighted by atomic mass is 127. The number of rotatable bonds is 6. The SMILES string of the molecule is CCOc1cc([C@H]2SCC(=O)N2c2ccc(Cl)cc2)cc(I)c1OCC. The van der Waals surface area contributed by atoms with Crippen LogP contribution in [0.4, 0.5) is 5.69 Å². The maximum atomic E-state index is 12.5. The van der Waals surface area contributed by atoms with Crippen LogP contribution in [-0.4, -0.2) is 24.9 Å². The lowest BCUT2D eigenvalue weighted by Crippen LogP contribution is -2.27. The maximum Gasteiger partial charge on any atom is 0.238 e. The van der Waals surface area contributed by atoms with Crippen molar-refractivity contribution in [2.75, 3.05) is 23.9 Å². The van der Waals surface area contributed by atoms with Crippen molar-refractivity contribution in [1.29, 1.82) is 0 Å². The average Bonchev–Trinajstić information content (AvgIpc) is 3.00. The number of amides is 1. The summed E-state index contributed by atoms with van der Waals surface area (Å²) >= 11 is 9.86. The number of ether oxygens (including phenoxy) is 2. The minimum atomic E-state index is -0.105. The number of carbonyl (C=O) groups excluding carboxylic acids is 1. The van der Waals surface area contributed by atoms with E-state index in [4.69, 9.17) is 21.1 Å². The number of carbonyl (C=O) groups is 1. The molecule has 1 aliphatic rings. The summed E-state index contributed by atoms with van der Waals surface area (Å²) in [6.07, 6.45) is 0. The van der Waals surface area contributed by atoms with Crippen LogP contribution in [0.15, 0.2) is 36.4 Å². The highest BCUT2D eigenvalue weighted by molar-refractivity contribution is 14.1. The number of thioether (sulfide) groups is 1. The summed E-state index contributed by atoms with van der Waals surface area (Å²) < 4.78 is 12.5. The number of hydrogen-bond donors (Lipinski definition) is 0. The van der Waals surface area contributed by atoms with Crippen LogP contribution < -0.4 is 14.4 Å². The van der Waals surface area contributed by atoms with Crippen molar-refractivity contribution in [3.8, 4) is 11.5 Å². The Morgan fingerprint density at radius 3 is 2.54 bits per heavy atom. The van der Waals surface area contributed by atoms with Crippen LogP contribution in [-0.2, 0) is 4.79 Å². The topological polar surface area (TPSA) is 38.8 Å². The minimum Gasteiger partial charge on any atom is -0.490 e. The molecule has 1 fully saturated rings. The molecule has 0 bridgehead atoms. The van der Waals surface area contributed by atoms with Gasteiger partial charge in [-0.05, 0) is 78.4 Å². The van der Waals surface area contributed by atoms with Crippen LogP contribution in [0.5, 0.6) is 11.5 Å². The lowest BCUT2D eigenvalue weighted by Gasteiger charge is -2.25. The molecule has 1 atom stereocenters. The third kappa shape index (κ3) is 4.07. The van der Waals surface area contributed by atoms with Gasteiger partial charge in [0.2, 0.25) is 5.91 Å². The first kappa shape index (κ1) is 19.6. The van der Waals surface area contributed by atoms with Gasteiger partial charge in [0.25, 0.3) is 0 Å². The molecule has 0 unspecified atom stereocenters. The summed E-state index contributed by atoms with van der Waals surface area (Å²) in [6, 6.07) is 11.4. The Labute approximate surface area is 176 Å². The Balaban J connectivity index is 2.01. The fourth-order valence-corrected chi connectivity index (χ4v) is 4.89. The third-order valence-corrected chi connectivity index (χ3v) is 6.14. The molecular weight excluding hydrogens is 485 g/mol. The van der Waals surface area contributed by atoms with Gasteiger partial charge < -0.3 is 9.47 Å². The summed E-state index contributed by atoms with van der Waals surface area (Å²) in [5, 5.41) is 0.547. The molecule has 138 valence electrons. The summed E-state index contributed by atoms with van der Waals surface area (Å²) in [7, 11) is 0. The smallest absolute Gasteiger partial charge is 0.238 e. The summed E-state index contributed by atoms with van der Waals surface area (Å²) in [5.74, 6) is 2.00. The molecule has 1 saturated heterocycles. The van der Waals surface area contributed by atoms with Crippen molar-refractivity contribution in [2.24, 2.45) is 0 Å². The Bertz CT molecular complexity index is 800. The van der Waals surface area contributed by atoms with Gasteiger partial charge in [-0.2, -0.15) is 0 Å². The Kier molecular flexibility index (Phi) is 6.58. The first-order valence-electron chi connectivity index (χ1n) is 8.33. The number of benzene rings is 2. The first-order chi connectivity index (χ1) is 12.5. The standard InChI is InChI=1S/C19H19ClINO3S/c1-3-24-16-10-12(9-15(21)18(16)25-4-2)19-22(17(23)11-26-19)14-7-5-13(20)6-8-14/h5-10,19H,3-4,11H2,1-2H3/t19-/m1/s1. The fraction of sp³-hybridized carbons (Fsp3) is 0.316. The van der Waals surface area contributed by atoms with Gasteiger partial charge >= 0.3 is 0 Å². The second kappa shape index (κ2) is 8.71. The van der Waals surface area contributed by atoms with Crippen LogP contribution >= 0.6 is 46.0 Å². The zero-order valence-corrected chi connectivity index (χ0v) is 18.2. The normalized spacial score (nSPS) is 16.8. The number of anilines is 1.